The lowest BCUT2D eigenvalue weighted by Crippen LogP contribution is -2.24. The quantitative estimate of drug-likeness (QED) is 0.629. The highest BCUT2D eigenvalue weighted by molar-refractivity contribution is 9.10. The van der Waals surface area contributed by atoms with E-state index in [1.165, 1.54) is 18.4 Å². The Kier molecular flexibility index (Phi) is 9.14. The molecule has 0 heterocycles. The summed E-state index contributed by atoms with van der Waals surface area (Å²) < 4.78 is 7.20. The first-order chi connectivity index (χ1) is 9.29. The lowest BCUT2D eigenvalue weighted by Gasteiger charge is -2.20. The van der Waals surface area contributed by atoms with Crippen LogP contribution in [0.2, 0.25) is 0 Å². The van der Waals surface area contributed by atoms with Gasteiger partial charge in [0.15, 0.2) is 0 Å². The van der Waals surface area contributed by atoms with Gasteiger partial charge in [0.05, 0.1) is 6.10 Å². The van der Waals surface area contributed by atoms with Crippen LogP contribution in [0.25, 0.3) is 0 Å². The lowest BCUT2D eigenvalue weighted by molar-refractivity contribution is 0.0497. The van der Waals surface area contributed by atoms with Gasteiger partial charge >= 0.3 is 0 Å². The fourth-order valence-electron chi connectivity index (χ4n) is 1.98. The van der Waals surface area contributed by atoms with Crippen LogP contribution < -0.4 is 5.32 Å². The van der Waals surface area contributed by atoms with Crippen molar-refractivity contribution >= 4 is 15.9 Å². The summed E-state index contributed by atoms with van der Waals surface area (Å²) in [7, 11) is 0. The van der Waals surface area contributed by atoms with Gasteiger partial charge in [0.25, 0.3) is 0 Å². The number of ether oxygens (including phenoxy) is 1. The molecule has 1 atom stereocenters. The molecule has 108 valence electrons. The molecule has 1 unspecified atom stereocenters. The van der Waals surface area contributed by atoms with Crippen molar-refractivity contribution in [3.63, 3.8) is 0 Å². The fraction of sp³-hybridized carbons (Fsp3) is 0.625. The maximum absolute atomic E-state index is 6.07. The predicted octanol–water partition coefficient (Wildman–Crippen LogP) is 4.70. The van der Waals surface area contributed by atoms with Crippen molar-refractivity contribution in [1.82, 2.24) is 5.32 Å². The molecule has 0 bridgehead atoms. The Morgan fingerprint density at radius 3 is 2.63 bits per heavy atom. The summed E-state index contributed by atoms with van der Waals surface area (Å²) >= 11 is 3.62. The molecule has 0 saturated carbocycles. The Labute approximate surface area is 126 Å². The molecule has 1 N–H and O–H groups in total. The van der Waals surface area contributed by atoms with Gasteiger partial charge in [-0.05, 0) is 31.0 Å². The van der Waals surface area contributed by atoms with Gasteiger partial charge in [0.2, 0.25) is 0 Å². The summed E-state index contributed by atoms with van der Waals surface area (Å²) in [6.45, 7) is 7.16. The van der Waals surface area contributed by atoms with Gasteiger partial charge in [0, 0.05) is 17.6 Å². The second-order valence-corrected chi connectivity index (χ2v) is 5.65. The molecular weight excluding hydrogens is 302 g/mol. The summed E-state index contributed by atoms with van der Waals surface area (Å²) in [6.07, 6.45) is 4.91. The Hall–Kier alpha value is -0.380. The zero-order valence-electron chi connectivity index (χ0n) is 12.1. The van der Waals surface area contributed by atoms with E-state index in [0.717, 1.165) is 37.0 Å². The Balaban J connectivity index is 2.55. The molecule has 3 heteroatoms. The molecule has 0 aliphatic heterocycles. The number of nitrogens with one attached hydrogen (secondary N) is 1. The van der Waals surface area contributed by atoms with Crippen molar-refractivity contribution in [2.24, 2.45) is 0 Å². The molecule has 0 aliphatic rings. The Bertz CT molecular complexity index is 343. The van der Waals surface area contributed by atoms with Gasteiger partial charge in [0.1, 0.15) is 0 Å². The van der Waals surface area contributed by atoms with Crippen LogP contribution in [0.15, 0.2) is 28.7 Å². The first-order valence-electron chi connectivity index (χ1n) is 7.36. The minimum absolute atomic E-state index is 0.138. The molecule has 1 rings (SSSR count). The molecule has 1 aromatic rings. The third-order valence-corrected chi connectivity index (χ3v) is 3.80. The van der Waals surface area contributed by atoms with E-state index in [1.54, 1.807) is 0 Å². The van der Waals surface area contributed by atoms with Gasteiger partial charge in [-0.1, -0.05) is 60.8 Å². The van der Waals surface area contributed by atoms with E-state index in [0.29, 0.717) is 0 Å². The van der Waals surface area contributed by atoms with Gasteiger partial charge in [-0.25, -0.2) is 0 Å². The topological polar surface area (TPSA) is 21.3 Å². The van der Waals surface area contributed by atoms with E-state index in [2.05, 4.69) is 53.3 Å². The van der Waals surface area contributed by atoms with Crippen molar-refractivity contribution in [2.75, 3.05) is 19.7 Å². The first-order valence-corrected chi connectivity index (χ1v) is 8.15. The second kappa shape index (κ2) is 10.4. The molecule has 0 spiro atoms. The van der Waals surface area contributed by atoms with Crippen molar-refractivity contribution in [3.8, 4) is 0 Å². The minimum Gasteiger partial charge on any atom is -0.372 e. The molecule has 0 fully saturated rings. The van der Waals surface area contributed by atoms with Crippen LogP contribution in [0.5, 0.6) is 0 Å². The average Bonchev–Trinajstić information content (AvgIpc) is 2.42. The highest BCUT2D eigenvalue weighted by Crippen LogP contribution is 2.25. The van der Waals surface area contributed by atoms with Crippen molar-refractivity contribution < 1.29 is 4.74 Å². The maximum atomic E-state index is 6.07. The van der Waals surface area contributed by atoms with Gasteiger partial charge < -0.3 is 10.1 Å². The normalized spacial score (nSPS) is 12.6. The number of hydrogen-bond donors (Lipinski definition) is 1. The van der Waals surface area contributed by atoms with Crippen molar-refractivity contribution in [3.05, 3.63) is 34.3 Å². The fourth-order valence-corrected chi connectivity index (χ4v) is 2.52. The summed E-state index contributed by atoms with van der Waals surface area (Å²) in [5.74, 6) is 0. The third kappa shape index (κ3) is 6.55. The van der Waals surface area contributed by atoms with Gasteiger partial charge in [-0.3, -0.25) is 0 Å². The number of rotatable bonds is 10. The van der Waals surface area contributed by atoms with Crippen LogP contribution >= 0.6 is 15.9 Å². The summed E-state index contributed by atoms with van der Waals surface area (Å²) in [6, 6.07) is 8.34. The minimum atomic E-state index is 0.138. The molecule has 0 saturated heterocycles. The molecule has 0 amide bonds. The third-order valence-electron chi connectivity index (χ3n) is 3.08. The number of unbranched alkanes of at least 4 members (excludes halogenated alkanes) is 2. The van der Waals surface area contributed by atoms with Crippen LogP contribution in [0.1, 0.15) is 51.2 Å². The monoisotopic (exact) mass is 327 g/mol. The largest absolute Gasteiger partial charge is 0.372 e. The molecule has 1 aromatic carbocycles. The Morgan fingerprint density at radius 2 is 1.95 bits per heavy atom. The number of halogens is 1. The van der Waals surface area contributed by atoms with Crippen LogP contribution in [0.3, 0.4) is 0 Å². The van der Waals surface area contributed by atoms with E-state index >= 15 is 0 Å². The molecule has 0 aliphatic carbocycles. The van der Waals surface area contributed by atoms with Crippen LogP contribution in [-0.2, 0) is 4.74 Å². The summed E-state index contributed by atoms with van der Waals surface area (Å²) in [4.78, 5) is 0. The van der Waals surface area contributed by atoms with Crippen LogP contribution in [-0.4, -0.2) is 19.7 Å². The van der Waals surface area contributed by atoms with E-state index < -0.39 is 0 Å². The van der Waals surface area contributed by atoms with E-state index in [4.69, 9.17) is 4.74 Å². The molecular formula is C16H26BrNO. The highest BCUT2D eigenvalue weighted by atomic mass is 79.9. The SMILES string of the molecule is CCCCCOC(CNCCC)c1ccccc1Br. The van der Waals surface area contributed by atoms with E-state index in [1.807, 2.05) is 6.07 Å². The smallest absolute Gasteiger partial charge is 0.0960 e. The standard InChI is InChI=1S/C16H26BrNO/c1-3-5-8-12-19-16(13-18-11-4-2)14-9-6-7-10-15(14)17/h6-7,9-10,16,18H,3-5,8,11-13H2,1-2H3. The average molecular weight is 328 g/mol. The molecule has 2 nitrogen and oxygen atoms in total. The second-order valence-electron chi connectivity index (χ2n) is 4.79. The zero-order chi connectivity index (χ0) is 13.9. The van der Waals surface area contributed by atoms with Crippen molar-refractivity contribution in [1.29, 1.82) is 0 Å². The van der Waals surface area contributed by atoms with Crippen LogP contribution in [0, 0.1) is 0 Å². The van der Waals surface area contributed by atoms with E-state index in [9.17, 15) is 0 Å². The molecule has 0 radical (unpaired) electrons. The van der Waals surface area contributed by atoms with Gasteiger partial charge in [-0.15, -0.1) is 0 Å². The van der Waals surface area contributed by atoms with Gasteiger partial charge in [-0.2, -0.15) is 0 Å². The highest BCUT2D eigenvalue weighted by Gasteiger charge is 2.14. The summed E-state index contributed by atoms with van der Waals surface area (Å²) in [5.41, 5.74) is 1.24. The van der Waals surface area contributed by atoms with Crippen LogP contribution in [0.4, 0.5) is 0 Å². The molecule has 0 aromatic heterocycles. The Morgan fingerprint density at radius 1 is 1.16 bits per heavy atom. The predicted molar refractivity (Wildman–Crippen MR) is 85.5 cm³/mol. The number of benzene rings is 1. The lowest BCUT2D eigenvalue weighted by atomic mass is 10.1. The zero-order valence-corrected chi connectivity index (χ0v) is 13.7. The van der Waals surface area contributed by atoms with E-state index in [-0.39, 0.29) is 6.10 Å². The number of hydrogen-bond acceptors (Lipinski definition) is 2. The maximum Gasteiger partial charge on any atom is 0.0960 e. The first kappa shape index (κ1) is 16.7. The molecule has 19 heavy (non-hydrogen) atoms. The van der Waals surface area contributed by atoms with Crippen molar-refractivity contribution in [2.45, 2.75) is 45.6 Å². The summed E-state index contributed by atoms with van der Waals surface area (Å²) in [5, 5.41) is 3.46.